The maximum Gasteiger partial charge on any atom is 0.233 e. The molecule has 0 unspecified atom stereocenters. The summed E-state index contributed by atoms with van der Waals surface area (Å²) in [6.45, 7) is 2.06. The number of carbonyl (C=O) groups is 1. The minimum Gasteiger partial charge on any atom is -0.348 e. The number of rotatable bonds is 5. The van der Waals surface area contributed by atoms with E-state index in [1.165, 1.54) is 11.1 Å². The van der Waals surface area contributed by atoms with Crippen molar-refractivity contribution in [3.05, 3.63) is 64.7 Å². The SMILES string of the molecule is CC[C@H](Sc1ccc(Cl)cc1)C(=O)N[C@H]1CCCc2ccccc21. The van der Waals surface area contributed by atoms with Crippen molar-refractivity contribution in [2.45, 2.75) is 48.8 Å². The van der Waals surface area contributed by atoms with Gasteiger partial charge in [-0.1, -0.05) is 42.8 Å². The zero-order valence-corrected chi connectivity index (χ0v) is 15.4. The van der Waals surface area contributed by atoms with Gasteiger partial charge in [-0.05, 0) is 61.1 Å². The second kappa shape index (κ2) is 8.09. The van der Waals surface area contributed by atoms with E-state index in [1.54, 1.807) is 11.8 Å². The summed E-state index contributed by atoms with van der Waals surface area (Å²) in [5.74, 6) is 0.124. The number of halogens is 1. The molecule has 1 N–H and O–H groups in total. The molecule has 126 valence electrons. The molecule has 0 saturated heterocycles. The molecule has 0 saturated carbocycles. The molecule has 2 nitrogen and oxygen atoms in total. The third-order valence-corrected chi connectivity index (χ3v) is 6.07. The van der Waals surface area contributed by atoms with E-state index < -0.39 is 0 Å². The van der Waals surface area contributed by atoms with Crippen LogP contribution in [0, 0.1) is 0 Å². The highest BCUT2D eigenvalue weighted by Crippen LogP contribution is 2.31. The maximum absolute atomic E-state index is 12.8. The second-order valence-corrected chi connectivity index (χ2v) is 7.83. The number of hydrogen-bond acceptors (Lipinski definition) is 2. The summed E-state index contributed by atoms with van der Waals surface area (Å²) in [5, 5.41) is 3.91. The molecule has 0 spiro atoms. The van der Waals surface area contributed by atoms with Gasteiger partial charge in [0, 0.05) is 9.92 Å². The molecule has 0 heterocycles. The Morgan fingerprint density at radius 3 is 2.75 bits per heavy atom. The Balaban J connectivity index is 1.68. The molecule has 2 aromatic carbocycles. The zero-order chi connectivity index (χ0) is 16.9. The van der Waals surface area contributed by atoms with Crippen LogP contribution < -0.4 is 5.32 Å². The monoisotopic (exact) mass is 359 g/mol. The molecule has 4 heteroatoms. The van der Waals surface area contributed by atoms with Crippen LogP contribution in [0.1, 0.15) is 43.4 Å². The number of benzene rings is 2. The van der Waals surface area contributed by atoms with Crippen LogP contribution in [-0.4, -0.2) is 11.2 Å². The lowest BCUT2D eigenvalue weighted by atomic mass is 9.87. The Labute approximate surface area is 153 Å². The van der Waals surface area contributed by atoms with Crippen molar-refractivity contribution >= 4 is 29.3 Å². The molecule has 0 radical (unpaired) electrons. The molecule has 0 aliphatic heterocycles. The zero-order valence-electron chi connectivity index (χ0n) is 13.8. The first-order valence-corrected chi connectivity index (χ1v) is 9.73. The largest absolute Gasteiger partial charge is 0.348 e. The van der Waals surface area contributed by atoms with Crippen molar-refractivity contribution in [3.63, 3.8) is 0 Å². The van der Waals surface area contributed by atoms with Gasteiger partial charge in [0.15, 0.2) is 0 Å². The van der Waals surface area contributed by atoms with Crippen molar-refractivity contribution in [2.24, 2.45) is 0 Å². The number of aryl methyl sites for hydroxylation is 1. The average Bonchev–Trinajstić information content (AvgIpc) is 2.61. The van der Waals surface area contributed by atoms with Crippen LogP contribution in [0.5, 0.6) is 0 Å². The van der Waals surface area contributed by atoms with Crippen LogP contribution in [-0.2, 0) is 11.2 Å². The fourth-order valence-electron chi connectivity index (χ4n) is 3.17. The number of nitrogens with one attached hydrogen (secondary N) is 1. The van der Waals surface area contributed by atoms with Gasteiger partial charge in [-0.2, -0.15) is 0 Å². The molecule has 24 heavy (non-hydrogen) atoms. The van der Waals surface area contributed by atoms with Gasteiger partial charge in [-0.3, -0.25) is 4.79 Å². The fourth-order valence-corrected chi connectivity index (χ4v) is 4.26. The van der Waals surface area contributed by atoms with E-state index in [0.29, 0.717) is 0 Å². The fraction of sp³-hybridized carbons (Fsp3) is 0.350. The molecule has 2 atom stereocenters. The van der Waals surface area contributed by atoms with Crippen LogP contribution in [0.2, 0.25) is 5.02 Å². The second-order valence-electron chi connectivity index (χ2n) is 6.12. The molecule has 0 fully saturated rings. The summed E-state index contributed by atoms with van der Waals surface area (Å²) in [6, 6.07) is 16.3. The molecule has 0 aromatic heterocycles. The first-order valence-electron chi connectivity index (χ1n) is 8.47. The topological polar surface area (TPSA) is 29.1 Å². The molecule has 1 aliphatic rings. The van der Waals surface area contributed by atoms with Crippen LogP contribution >= 0.6 is 23.4 Å². The Hall–Kier alpha value is -1.45. The highest BCUT2D eigenvalue weighted by molar-refractivity contribution is 8.00. The lowest BCUT2D eigenvalue weighted by Gasteiger charge is -2.28. The number of fused-ring (bicyclic) bond motifs is 1. The van der Waals surface area contributed by atoms with Crippen LogP contribution in [0.15, 0.2) is 53.4 Å². The maximum atomic E-state index is 12.8. The van der Waals surface area contributed by atoms with Crippen LogP contribution in [0.4, 0.5) is 0 Å². The van der Waals surface area contributed by atoms with E-state index in [0.717, 1.165) is 35.6 Å². The minimum atomic E-state index is -0.0831. The van der Waals surface area contributed by atoms with Crippen molar-refractivity contribution in [3.8, 4) is 0 Å². The summed E-state index contributed by atoms with van der Waals surface area (Å²) in [4.78, 5) is 13.8. The van der Waals surface area contributed by atoms with Crippen molar-refractivity contribution in [1.29, 1.82) is 0 Å². The predicted octanol–water partition coefficient (Wildman–Crippen LogP) is 5.40. The number of amides is 1. The summed E-state index contributed by atoms with van der Waals surface area (Å²) in [5.41, 5.74) is 2.65. The Bertz CT molecular complexity index is 701. The third kappa shape index (κ3) is 4.14. The van der Waals surface area contributed by atoms with E-state index in [2.05, 4.69) is 36.5 Å². The lowest BCUT2D eigenvalue weighted by Crippen LogP contribution is -2.36. The van der Waals surface area contributed by atoms with E-state index in [-0.39, 0.29) is 17.2 Å². The number of thioether (sulfide) groups is 1. The highest BCUT2D eigenvalue weighted by Gasteiger charge is 2.25. The van der Waals surface area contributed by atoms with Gasteiger partial charge in [-0.25, -0.2) is 0 Å². The molecule has 0 bridgehead atoms. The van der Waals surface area contributed by atoms with Crippen LogP contribution in [0.25, 0.3) is 0 Å². The normalized spacial score (nSPS) is 17.8. The van der Waals surface area contributed by atoms with Gasteiger partial charge in [0.1, 0.15) is 0 Å². The molecule has 1 amide bonds. The summed E-state index contributed by atoms with van der Waals surface area (Å²) >= 11 is 7.54. The summed E-state index contributed by atoms with van der Waals surface area (Å²) in [6.07, 6.45) is 4.06. The van der Waals surface area contributed by atoms with E-state index in [9.17, 15) is 4.79 Å². The van der Waals surface area contributed by atoms with Gasteiger partial charge < -0.3 is 5.32 Å². The van der Waals surface area contributed by atoms with Crippen molar-refractivity contribution in [1.82, 2.24) is 5.32 Å². The minimum absolute atomic E-state index is 0.0831. The number of hydrogen-bond donors (Lipinski definition) is 1. The standard InChI is InChI=1S/C20H22ClNOS/c1-2-19(24-16-12-10-15(21)11-13-16)20(23)22-18-9-5-7-14-6-3-4-8-17(14)18/h3-4,6,8,10-13,18-19H,2,5,7,9H2,1H3,(H,22,23)/t18-,19-/m0/s1. The molecule has 1 aliphatic carbocycles. The van der Waals surface area contributed by atoms with Gasteiger partial charge in [0.2, 0.25) is 5.91 Å². The van der Waals surface area contributed by atoms with Gasteiger partial charge in [0.25, 0.3) is 0 Å². The smallest absolute Gasteiger partial charge is 0.233 e. The Morgan fingerprint density at radius 2 is 2.00 bits per heavy atom. The highest BCUT2D eigenvalue weighted by atomic mass is 35.5. The first-order chi connectivity index (χ1) is 11.7. The van der Waals surface area contributed by atoms with Gasteiger partial charge in [-0.15, -0.1) is 11.8 Å². The molecular formula is C20H22ClNOS. The van der Waals surface area contributed by atoms with Crippen molar-refractivity contribution in [2.75, 3.05) is 0 Å². The van der Waals surface area contributed by atoms with E-state index >= 15 is 0 Å². The average molecular weight is 360 g/mol. The molecule has 3 rings (SSSR count). The van der Waals surface area contributed by atoms with E-state index in [4.69, 9.17) is 11.6 Å². The van der Waals surface area contributed by atoms with Crippen LogP contribution in [0.3, 0.4) is 0 Å². The lowest BCUT2D eigenvalue weighted by molar-refractivity contribution is -0.121. The summed E-state index contributed by atoms with van der Waals surface area (Å²) < 4.78 is 0. The number of carbonyl (C=O) groups excluding carboxylic acids is 1. The Morgan fingerprint density at radius 1 is 1.25 bits per heavy atom. The molecular weight excluding hydrogens is 338 g/mol. The summed E-state index contributed by atoms with van der Waals surface area (Å²) in [7, 11) is 0. The Kier molecular flexibility index (Phi) is 5.85. The van der Waals surface area contributed by atoms with E-state index in [1.807, 2.05) is 24.3 Å². The predicted molar refractivity (Wildman–Crippen MR) is 102 cm³/mol. The third-order valence-electron chi connectivity index (χ3n) is 4.44. The van der Waals surface area contributed by atoms with Gasteiger partial charge >= 0.3 is 0 Å². The first kappa shape index (κ1) is 17.4. The quantitative estimate of drug-likeness (QED) is 0.723. The van der Waals surface area contributed by atoms with Crippen molar-refractivity contribution < 1.29 is 4.79 Å². The van der Waals surface area contributed by atoms with Gasteiger partial charge in [0.05, 0.1) is 11.3 Å². The molecule has 2 aromatic rings.